The zero-order valence-corrected chi connectivity index (χ0v) is 15.0. The maximum atomic E-state index is 6.06. The molecule has 4 aromatic rings. The summed E-state index contributed by atoms with van der Waals surface area (Å²) in [6.45, 7) is 2.17. The van der Waals surface area contributed by atoms with Crippen LogP contribution < -0.4 is 4.74 Å². The van der Waals surface area contributed by atoms with Crippen molar-refractivity contribution in [3.05, 3.63) is 35.3 Å². The smallest absolute Gasteiger partial charge is 0.235 e. The molecule has 0 aromatic carbocycles. The van der Waals surface area contributed by atoms with E-state index < -0.39 is 0 Å². The van der Waals surface area contributed by atoms with E-state index in [0.29, 0.717) is 41.3 Å². The summed E-state index contributed by atoms with van der Waals surface area (Å²) in [6.07, 6.45) is 5.16. The Morgan fingerprint density at radius 2 is 2.15 bits per heavy atom. The lowest BCUT2D eigenvalue weighted by Crippen LogP contribution is -2.14. The number of hydrogen-bond acceptors (Lipinski definition) is 8. The van der Waals surface area contributed by atoms with Crippen molar-refractivity contribution in [1.82, 2.24) is 40.0 Å². The Balaban J connectivity index is 1.56. The normalized spacial score (nSPS) is 14.6. The molecule has 0 unspecified atom stereocenters. The van der Waals surface area contributed by atoms with Gasteiger partial charge in [0.25, 0.3) is 0 Å². The number of fused-ring (bicyclic) bond motifs is 1. The molecule has 10 nitrogen and oxygen atoms in total. The molecule has 0 radical (unpaired) electrons. The molecular formula is C17H18N8O2. The van der Waals surface area contributed by atoms with Crippen LogP contribution in [0.2, 0.25) is 0 Å². The molecule has 0 N–H and O–H groups in total. The molecule has 1 aliphatic rings. The maximum absolute atomic E-state index is 6.06. The lowest BCUT2D eigenvalue weighted by Gasteiger charge is -2.26. The molecule has 27 heavy (non-hydrogen) atoms. The van der Waals surface area contributed by atoms with Crippen LogP contribution in [-0.4, -0.2) is 40.0 Å². The second-order valence-corrected chi connectivity index (χ2v) is 6.79. The van der Waals surface area contributed by atoms with Crippen molar-refractivity contribution in [3.63, 3.8) is 0 Å². The van der Waals surface area contributed by atoms with Gasteiger partial charge >= 0.3 is 0 Å². The average molecular weight is 366 g/mol. The predicted molar refractivity (Wildman–Crippen MR) is 92.9 cm³/mol. The van der Waals surface area contributed by atoms with Gasteiger partial charge in [0.1, 0.15) is 12.4 Å². The number of aryl methyl sites for hydroxylation is 2. The lowest BCUT2D eigenvalue weighted by molar-refractivity contribution is 0.268. The Bertz CT molecular complexity index is 1110. The molecule has 0 bridgehead atoms. The van der Waals surface area contributed by atoms with Crippen LogP contribution in [-0.2, 0) is 13.7 Å². The van der Waals surface area contributed by atoms with Crippen LogP contribution in [0.3, 0.4) is 0 Å². The van der Waals surface area contributed by atoms with Gasteiger partial charge in [-0.1, -0.05) is 16.8 Å². The molecule has 10 heteroatoms. The second kappa shape index (κ2) is 6.15. The summed E-state index contributed by atoms with van der Waals surface area (Å²) in [4.78, 5) is 0. The van der Waals surface area contributed by atoms with Gasteiger partial charge in [0.15, 0.2) is 11.3 Å². The largest absolute Gasteiger partial charge is 0.470 e. The Morgan fingerprint density at radius 3 is 2.81 bits per heavy atom. The fourth-order valence-electron chi connectivity index (χ4n) is 3.17. The molecule has 1 aliphatic carbocycles. The molecule has 4 aromatic heterocycles. The first-order valence-corrected chi connectivity index (χ1v) is 8.85. The highest BCUT2D eigenvalue weighted by atomic mass is 16.5. The summed E-state index contributed by atoms with van der Waals surface area (Å²) in [5.74, 6) is 2.24. The van der Waals surface area contributed by atoms with E-state index in [4.69, 9.17) is 14.4 Å². The molecule has 5 rings (SSSR count). The Labute approximate surface area is 154 Å². The lowest BCUT2D eigenvalue weighted by atomic mass is 9.80. The van der Waals surface area contributed by atoms with Crippen LogP contribution >= 0.6 is 0 Å². The molecule has 0 amide bonds. The minimum Gasteiger partial charge on any atom is -0.470 e. The average Bonchev–Trinajstić information content (AvgIpc) is 3.31. The molecule has 138 valence electrons. The summed E-state index contributed by atoms with van der Waals surface area (Å²) in [5, 5.41) is 25.0. The minimum atomic E-state index is 0.336. The predicted octanol–water partition coefficient (Wildman–Crippen LogP) is 2.06. The zero-order chi connectivity index (χ0) is 18.4. The van der Waals surface area contributed by atoms with Crippen molar-refractivity contribution in [1.29, 1.82) is 0 Å². The van der Waals surface area contributed by atoms with E-state index in [1.54, 1.807) is 21.5 Å². The van der Waals surface area contributed by atoms with Gasteiger partial charge in [0, 0.05) is 18.7 Å². The molecule has 1 fully saturated rings. The summed E-state index contributed by atoms with van der Waals surface area (Å²) in [5.41, 5.74) is 3.19. The van der Waals surface area contributed by atoms with Crippen LogP contribution in [0.25, 0.3) is 17.2 Å². The van der Waals surface area contributed by atoms with Crippen LogP contribution in [0.1, 0.15) is 42.2 Å². The molecule has 1 saturated carbocycles. The molecule has 4 heterocycles. The van der Waals surface area contributed by atoms with Crippen molar-refractivity contribution in [2.45, 2.75) is 38.7 Å². The summed E-state index contributed by atoms with van der Waals surface area (Å²) in [7, 11) is 1.83. The highest BCUT2D eigenvalue weighted by Crippen LogP contribution is 2.40. The summed E-state index contributed by atoms with van der Waals surface area (Å²) < 4.78 is 14.6. The fourth-order valence-corrected chi connectivity index (χ4v) is 3.17. The van der Waals surface area contributed by atoms with Crippen LogP contribution in [0.4, 0.5) is 0 Å². The zero-order valence-electron chi connectivity index (χ0n) is 15.0. The molecule has 0 saturated heterocycles. The van der Waals surface area contributed by atoms with Gasteiger partial charge in [-0.25, -0.2) is 4.68 Å². The third-order valence-electron chi connectivity index (χ3n) is 4.95. The van der Waals surface area contributed by atoms with Gasteiger partial charge in [-0.2, -0.15) is 4.52 Å². The van der Waals surface area contributed by atoms with Gasteiger partial charge in [0.05, 0.1) is 11.9 Å². The van der Waals surface area contributed by atoms with E-state index in [2.05, 4.69) is 25.7 Å². The first-order chi connectivity index (χ1) is 13.2. The summed E-state index contributed by atoms with van der Waals surface area (Å²) >= 11 is 0. The van der Waals surface area contributed by atoms with Gasteiger partial charge in [-0.3, -0.25) is 0 Å². The Hall–Kier alpha value is -3.30. The Kier molecular flexibility index (Phi) is 3.62. The molecular weight excluding hydrogens is 348 g/mol. The van der Waals surface area contributed by atoms with Crippen molar-refractivity contribution in [2.24, 2.45) is 7.05 Å². The van der Waals surface area contributed by atoms with E-state index in [0.717, 1.165) is 24.1 Å². The van der Waals surface area contributed by atoms with E-state index in [1.165, 1.54) is 6.42 Å². The van der Waals surface area contributed by atoms with Crippen LogP contribution in [0.5, 0.6) is 5.88 Å². The standard InChI is InChI=1S/C17H18N8O2/c1-10-6-14(22-27-10)16-20-19-15-7-13(11-4-3-5-11)17(21-25(15)16)26-9-12-8-18-23-24(12)2/h6-8,11H,3-5,9H2,1-2H3. The van der Waals surface area contributed by atoms with Crippen molar-refractivity contribution in [2.75, 3.05) is 0 Å². The SMILES string of the molecule is Cc1cc(-c2nnc3cc(C4CCC4)c(OCc4cnnn4C)nn23)no1. The van der Waals surface area contributed by atoms with Crippen LogP contribution in [0, 0.1) is 6.92 Å². The van der Waals surface area contributed by atoms with E-state index in [9.17, 15) is 0 Å². The van der Waals surface area contributed by atoms with Crippen molar-refractivity contribution < 1.29 is 9.26 Å². The number of hydrogen-bond donors (Lipinski definition) is 0. The van der Waals surface area contributed by atoms with Gasteiger partial charge in [-0.05, 0) is 31.7 Å². The fraction of sp³-hybridized carbons (Fsp3) is 0.412. The number of aromatic nitrogens is 8. The third-order valence-corrected chi connectivity index (χ3v) is 4.95. The van der Waals surface area contributed by atoms with Crippen LogP contribution in [0.15, 0.2) is 22.9 Å². The van der Waals surface area contributed by atoms with Crippen molar-refractivity contribution >= 4 is 5.65 Å². The first kappa shape index (κ1) is 15.9. The second-order valence-electron chi connectivity index (χ2n) is 6.79. The molecule has 0 aliphatic heterocycles. The molecule has 0 spiro atoms. The Morgan fingerprint density at radius 1 is 1.26 bits per heavy atom. The first-order valence-electron chi connectivity index (χ1n) is 8.85. The number of ether oxygens (including phenoxy) is 1. The topological polar surface area (TPSA) is 109 Å². The number of rotatable bonds is 5. The van der Waals surface area contributed by atoms with Crippen molar-refractivity contribution in [3.8, 4) is 17.4 Å². The highest BCUT2D eigenvalue weighted by Gasteiger charge is 2.26. The highest BCUT2D eigenvalue weighted by molar-refractivity contribution is 5.56. The quantitative estimate of drug-likeness (QED) is 0.528. The van der Waals surface area contributed by atoms with Gasteiger partial charge in [0.2, 0.25) is 11.7 Å². The van der Waals surface area contributed by atoms with E-state index in [-0.39, 0.29) is 0 Å². The maximum Gasteiger partial charge on any atom is 0.235 e. The third kappa shape index (κ3) is 2.73. The molecule has 0 atom stereocenters. The summed E-state index contributed by atoms with van der Waals surface area (Å²) in [6, 6.07) is 3.82. The van der Waals surface area contributed by atoms with E-state index in [1.807, 2.05) is 20.0 Å². The van der Waals surface area contributed by atoms with Gasteiger partial charge in [-0.15, -0.1) is 20.4 Å². The van der Waals surface area contributed by atoms with E-state index >= 15 is 0 Å². The van der Waals surface area contributed by atoms with Gasteiger partial charge < -0.3 is 9.26 Å². The number of nitrogens with zero attached hydrogens (tertiary/aromatic N) is 8. The minimum absolute atomic E-state index is 0.336. The monoisotopic (exact) mass is 366 g/mol.